The first-order valence-electron chi connectivity index (χ1n) is 9.13. The number of nitrogens with one attached hydrogen (secondary N) is 1. The van der Waals surface area contributed by atoms with Crippen LogP contribution >= 0.6 is 0 Å². The van der Waals surface area contributed by atoms with Gasteiger partial charge in [0.25, 0.3) is 5.56 Å². The van der Waals surface area contributed by atoms with Gasteiger partial charge in [0.2, 0.25) is 15.9 Å². The van der Waals surface area contributed by atoms with Crippen LogP contribution in [0.4, 0.5) is 10.1 Å². The highest BCUT2D eigenvalue weighted by molar-refractivity contribution is 7.89. The molecule has 1 aromatic heterocycles. The molecule has 0 bridgehead atoms. The minimum absolute atomic E-state index is 0.00566. The first-order chi connectivity index (χ1) is 13.4. The van der Waals surface area contributed by atoms with Gasteiger partial charge < -0.3 is 9.88 Å². The minimum Gasteiger partial charge on any atom is -0.322 e. The minimum atomic E-state index is -3.93. The van der Waals surface area contributed by atoms with Crippen LogP contribution < -0.4 is 10.9 Å². The first kappa shape index (κ1) is 20.2. The molecular formula is C19H22FN3O4S. The van der Waals surface area contributed by atoms with E-state index in [9.17, 15) is 22.4 Å². The van der Waals surface area contributed by atoms with Crippen LogP contribution in [0, 0.1) is 5.82 Å². The van der Waals surface area contributed by atoms with E-state index in [1.54, 1.807) is 6.07 Å². The van der Waals surface area contributed by atoms with Crippen molar-refractivity contribution in [1.29, 1.82) is 0 Å². The number of para-hydroxylation sites is 1. The fraction of sp³-hybridized carbons (Fsp3) is 0.368. The van der Waals surface area contributed by atoms with Gasteiger partial charge in [0.15, 0.2) is 0 Å². The molecule has 7 nitrogen and oxygen atoms in total. The fourth-order valence-corrected chi connectivity index (χ4v) is 4.77. The van der Waals surface area contributed by atoms with Crippen LogP contribution in [-0.2, 0) is 21.4 Å². The van der Waals surface area contributed by atoms with Crippen molar-refractivity contribution in [1.82, 2.24) is 8.87 Å². The van der Waals surface area contributed by atoms with E-state index in [0.29, 0.717) is 13.1 Å². The Morgan fingerprint density at radius 1 is 1.04 bits per heavy atom. The number of rotatable bonds is 5. The lowest BCUT2D eigenvalue weighted by atomic mass is 10.2. The Bertz CT molecular complexity index is 1010. The van der Waals surface area contributed by atoms with E-state index < -0.39 is 33.9 Å². The van der Waals surface area contributed by atoms with Gasteiger partial charge in [-0.2, -0.15) is 4.31 Å². The predicted octanol–water partition coefficient (Wildman–Crippen LogP) is 2.19. The Morgan fingerprint density at radius 2 is 1.71 bits per heavy atom. The van der Waals surface area contributed by atoms with Crippen LogP contribution in [-0.4, -0.2) is 36.3 Å². The number of amides is 1. The average Bonchev–Trinajstić information content (AvgIpc) is 2.95. The molecule has 0 spiro atoms. The molecule has 0 aliphatic carbocycles. The van der Waals surface area contributed by atoms with E-state index in [4.69, 9.17) is 0 Å². The molecule has 1 aliphatic heterocycles. The molecule has 150 valence electrons. The molecule has 1 saturated heterocycles. The van der Waals surface area contributed by atoms with Gasteiger partial charge in [-0.1, -0.05) is 25.0 Å². The van der Waals surface area contributed by atoms with Gasteiger partial charge in [-0.25, -0.2) is 12.8 Å². The molecule has 0 radical (unpaired) electrons. The molecule has 1 aliphatic rings. The van der Waals surface area contributed by atoms with E-state index >= 15 is 0 Å². The standard InChI is InChI=1S/C19H22FN3O4S/c20-15-8-3-4-9-16(15)21-18(24)14-22-11-7-10-17(19(22)25)28(26,27)23-12-5-1-2-6-13-23/h3-4,7-11H,1-2,5-6,12-14H2,(H,21,24). The molecule has 0 atom stereocenters. The van der Waals surface area contributed by atoms with Crippen molar-refractivity contribution < 1.29 is 17.6 Å². The largest absolute Gasteiger partial charge is 0.322 e. The summed E-state index contributed by atoms with van der Waals surface area (Å²) in [6, 6.07) is 8.34. The number of benzene rings is 1. The summed E-state index contributed by atoms with van der Waals surface area (Å²) >= 11 is 0. The summed E-state index contributed by atoms with van der Waals surface area (Å²) < 4.78 is 41.8. The average molecular weight is 407 g/mol. The summed E-state index contributed by atoms with van der Waals surface area (Å²) in [5, 5.41) is 2.38. The van der Waals surface area contributed by atoms with Crippen molar-refractivity contribution in [3.8, 4) is 0 Å². The summed E-state index contributed by atoms with van der Waals surface area (Å²) in [6.07, 6.45) is 4.77. The van der Waals surface area contributed by atoms with Crippen molar-refractivity contribution in [3.05, 3.63) is 58.8 Å². The smallest absolute Gasteiger partial charge is 0.271 e. The lowest BCUT2D eigenvalue weighted by Crippen LogP contribution is -2.37. The number of carbonyl (C=O) groups is 1. The lowest BCUT2D eigenvalue weighted by Gasteiger charge is -2.20. The molecule has 1 N–H and O–H groups in total. The zero-order chi connectivity index (χ0) is 20.1. The second-order valence-electron chi connectivity index (χ2n) is 6.65. The van der Waals surface area contributed by atoms with Crippen molar-refractivity contribution in [2.24, 2.45) is 0 Å². The SMILES string of the molecule is O=C(Cn1cccc(S(=O)(=O)N2CCCCCC2)c1=O)Nc1ccccc1F. The molecular weight excluding hydrogens is 385 g/mol. The van der Waals surface area contributed by atoms with Crippen molar-refractivity contribution >= 4 is 21.6 Å². The number of pyridine rings is 1. The number of anilines is 1. The number of aromatic nitrogens is 1. The van der Waals surface area contributed by atoms with Crippen molar-refractivity contribution in [3.63, 3.8) is 0 Å². The topological polar surface area (TPSA) is 88.5 Å². The molecule has 3 rings (SSSR count). The van der Waals surface area contributed by atoms with E-state index in [-0.39, 0.29) is 10.6 Å². The van der Waals surface area contributed by atoms with Gasteiger partial charge in [-0.05, 0) is 37.1 Å². The van der Waals surface area contributed by atoms with Gasteiger partial charge >= 0.3 is 0 Å². The van der Waals surface area contributed by atoms with Crippen molar-refractivity contribution in [2.45, 2.75) is 37.1 Å². The number of hydrogen-bond acceptors (Lipinski definition) is 4. The number of halogens is 1. The summed E-state index contributed by atoms with van der Waals surface area (Å²) in [6.45, 7) is 0.339. The van der Waals surface area contributed by atoms with E-state index in [0.717, 1.165) is 30.3 Å². The Hall–Kier alpha value is -2.52. The number of sulfonamides is 1. The Kier molecular flexibility index (Phi) is 6.25. The number of nitrogens with zero attached hydrogens (tertiary/aromatic N) is 2. The van der Waals surface area contributed by atoms with E-state index in [1.807, 2.05) is 0 Å². The van der Waals surface area contributed by atoms with E-state index in [2.05, 4.69) is 5.32 Å². The quantitative estimate of drug-likeness (QED) is 0.823. The van der Waals surface area contributed by atoms with Crippen LogP contribution in [0.3, 0.4) is 0 Å². The highest BCUT2D eigenvalue weighted by Crippen LogP contribution is 2.18. The van der Waals surface area contributed by atoms with E-state index in [1.165, 1.54) is 40.8 Å². The summed E-state index contributed by atoms with van der Waals surface area (Å²) in [4.78, 5) is 24.5. The fourth-order valence-electron chi connectivity index (χ4n) is 3.16. The van der Waals surface area contributed by atoms with Gasteiger partial charge in [-0.15, -0.1) is 0 Å². The Morgan fingerprint density at radius 3 is 2.39 bits per heavy atom. The third kappa shape index (κ3) is 4.48. The number of carbonyl (C=O) groups excluding carboxylic acids is 1. The van der Waals surface area contributed by atoms with Crippen LogP contribution in [0.5, 0.6) is 0 Å². The maximum absolute atomic E-state index is 13.7. The van der Waals surface area contributed by atoms with Crippen LogP contribution in [0.1, 0.15) is 25.7 Å². The predicted molar refractivity (Wildman–Crippen MR) is 103 cm³/mol. The summed E-state index contributed by atoms with van der Waals surface area (Å²) in [5.41, 5.74) is -0.774. The second-order valence-corrected chi connectivity index (χ2v) is 8.56. The van der Waals surface area contributed by atoms with Crippen LogP contribution in [0.2, 0.25) is 0 Å². The number of hydrogen-bond donors (Lipinski definition) is 1. The molecule has 9 heteroatoms. The van der Waals surface area contributed by atoms with Gasteiger partial charge in [-0.3, -0.25) is 9.59 Å². The third-order valence-corrected chi connectivity index (χ3v) is 6.54. The van der Waals surface area contributed by atoms with Crippen molar-refractivity contribution in [2.75, 3.05) is 18.4 Å². The second kappa shape index (κ2) is 8.66. The van der Waals surface area contributed by atoms with Crippen LogP contribution in [0.15, 0.2) is 52.3 Å². The molecule has 1 fully saturated rings. The van der Waals surface area contributed by atoms with Gasteiger partial charge in [0.05, 0.1) is 5.69 Å². The molecule has 0 saturated carbocycles. The molecule has 28 heavy (non-hydrogen) atoms. The third-order valence-electron chi connectivity index (χ3n) is 4.63. The molecule has 2 heterocycles. The maximum atomic E-state index is 13.7. The highest BCUT2D eigenvalue weighted by Gasteiger charge is 2.28. The first-order valence-corrected chi connectivity index (χ1v) is 10.6. The zero-order valence-electron chi connectivity index (χ0n) is 15.3. The van der Waals surface area contributed by atoms with Gasteiger partial charge in [0.1, 0.15) is 17.3 Å². The molecule has 0 unspecified atom stereocenters. The normalized spacial score (nSPS) is 15.8. The monoisotopic (exact) mass is 407 g/mol. The van der Waals surface area contributed by atoms with Crippen LogP contribution in [0.25, 0.3) is 0 Å². The zero-order valence-corrected chi connectivity index (χ0v) is 16.1. The molecule has 1 amide bonds. The lowest BCUT2D eigenvalue weighted by molar-refractivity contribution is -0.116. The summed E-state index contributed by atoms with van der Waals surface area (Å²) in [5.74, 6) is -1.22. The summed E-state index contributed by atoms with van der Waals surface area (Å²) in [7, 11) is -3.93. The Labute approximate surface area is 162 Å². The highest BCUT2D eigenvalue weighted by atomic mass is 32.2. The Balaban J connectivity index is 1.82. The molecule has 1 aromatic carbocycles. The van der Waals surface area contributed by atoms with Gasteiger partial charge in [0, 0.05) is 19.3 Å². The maximum Gasteiger partial charge on any atom is 0.271 e. The molecule has 2 aromatic rings.